The predicted octanol–water partition coefficient (Wildman–Crippen LogP) is 6.48. The van der Waals surface area contributed by atoms with Gasteiger partial charge in [0.1, 0.15) is 12.4 Å². The Hall–Kier alpha value is -2.86. The fraction of sp³-hybridized carbons (Fsp3) is 0.545. The van der Waals surface area contributed by atoms with E-state index in [1.165, 1.54) is 0 Å². The van der Waals surface area contributed by atoms with E-state index in [2.05, 4.69) is 6.92 Å². The van der Waals surface area contributed by atoms with Crippen LogP contribution < -0.4 is 5.73 Å². The van der Waals surface area contributed by atoms with Gasteiger partial charge in [-0.05, 0) is 97.6 Å². The number of halogens is 1. The quantitative estimate of drug-likeness (QED) is 0.450. The van der Waals surface area contributed by atoms with Gasteiger partial charge in [0.25, 0.3) is 0 Å². The van der Waals surface area contributed by atoms with E-state index in [1.54, 1.807) is 6.07 Å². The van der Waals surface area contributed by atoms with Crippen molar-refractivity contribution >= 4 is 28.2 Å². The number of pyridine rings is 1. The molecule has 1 aliphatic heterocycles. The minimum absolute atomic E-state index is 0.0166. The van der Waals surface area contributed by atoms with Gasteiger partial charge in [0.2, 0.25) is 0 Å². The van der Waals surface area contributed by atoms with Gasteiger partial charge in [-0.15, -0.1) is 0 Å². The molecule has 4 aliphatic rings. The number of rotatable bonds is 2. The van der Waals surface area contributed by atoms with Gasteiger partial charge in [-0.25, -0.2) is 9.37 Å². The van der Waals surface area contributed by atoms with Crippen molar-refractivity contribution in [2.24, 2.45) is 28.9 Å². The van der Waals surface area contributed by atoms with Gasteiger partial charge in [0.05, 0.1) is 16.6 Å². The number of esters is 1. The minimum Gasteiger partial charge on any atom is -0.460 e. The Morgan fingerprint density at radius 3 is 2.56 bits per heavy atom. The number of aromatic nitrogens is 1. The largest absolute Gasteiger partial charge is 0.460 e. The third kappa shape index (κ3) is 3.70. The summed E-state index contributed by atoms with van der Waals surface area (Å²) in [5.41, 5.74) is 13.5. The standard InChI is InChI=1S/C33H39FN2O3/c1-6-33(20-8-7-9-20)24-13-17(3)30-22(12-16(2)18(4)31(37)23(24)15-39-32(33)38)28-26(35)11-10-21-19(5)25(34)14-27(36-30)29(21)28/h13-14,16,18,20,26H,6-12,15,35H2,1-5H3/b17-13+/t16?,18?,26-,33-/m0/s1. The third-order valence-electron chi connectivity index (χ3n) is 10.5. The van der Waals surface area contributed by atoms with Crippen molar-refractivity contribution in [3.8, 4) is 0 Å². The summed E-state index contributed by atoms with van der Waals surface area (Å²) >= 11 is 0. The number of Topliss-reactive ketones (excluding diaryl/α,β-unsaturated/α-hetero) is 1. The van der Waals surface area contributed by atoms with E-state index >= 15 is 4.39 Å². The second-order valence-electron chi connectivity index (χ2n) is 12.4. The molecule has 2 aromatic rings. The number of cyclic esters (lactones) is 1. The lowest BCUT2D eigenvalue weighted by molar-refractivity contribution is -0.160. The molecule has 1 aromatic carbocycles. The molecule has 0 amide bonds. The first kappa shape index (κ1) is 26.4. The van der Waals surface area contributed by atoms with Gasteiger partial charge in [-0.1, -0.05) is 33.3 Å². The maximum atomic E-state index is 15.1. The number of ether oxygens (including phenoxy) is 1. The number of carbonyl (C=O) groups excluding carboxylic acids is 2. The van der Waals surface area contributed by atoms with E-state index in [9.17, 15) is 9.59 Å². The maximum Gasteiger partial charge on any atom is 0.317 e. The Bertz CT molecular complexity index is 1480. The van der Waals surface area contributed by atoms with Gasteiger partial charge in [-0.3, -0.25) is 9.59 Å². The van der Waals surface area contributed by atoms with E-state index in [-0.39, 0.29) is 48.0 Å². The topological polar surface area (TPSA) is 82.3 Å². The van der Waals surface area contributed by atoms with Crippen LogP contribution in [0.1, 0.15) is 93.8 Å². The Balaban J connectivity index is 1.69. The number of hydrogen-bond acceptors (Lipinski definition) is 5. The predicted molar refractivity (Wildman–Crippen MR) is 150 cm³/mol. The van der Waals surface area contributed by atoms with Crippen LogP contribution in [0.5, 0.6) is 0 Å². The highest BCUT2D eigenvalue weighted by Gasteiger charge is 2.54. The minimum atomic E-state index is -0.830. The van der Waals surface area contributed by atoms with Crippen LogP contribution in [0.25, 0.3) is 16.5 Å². The van der Waals surface area contributed by atoms with Crippen LogP contribution in [-0.2, 0) is 27.2 Å². The van der Waals surface area contributed by atoms with Crippen LogP contribution in [0.15, 0.2) is 23.3 Å². The van der Waals surface area contributed by atoms with Crippen molar-refractivity contribution in [3.05, 3.63) is 57.1 Å². The zero-order valence-electron chi connectivity index (χ0n) is 23.7. The number of benzene rings is 1. The normalized spacial score (nSPS) is 30.7. The Kier molecular flexibility index (Phi) is 6.33. The second-order valence-corrected chi connectivity index (χ2v) is 12.4. The molecule has 4 atom stereocenters. The molecule has 6 heteroatoms. The number of carbonyl (C=O) groups is 2. The van der Waals surface area contributed by atoms with E-state index in [0.717, 1.165) is 71.0 Å². The molecule has 39 heavy (non-hydrogen) atoms. The molecule has 6 rings (SSSR count). The lowest BCUT2D eigenvalue weighted by Gasteiger charge is -2.47. The summed E-state index contributed by atoms with van der Waals surface area (Å²) in [6.07, 6.45) is 7.74. The van der Waals surface area contributed by atoms with Crippen molar-refractivity contribution in [1.82, 2.24) is 4.98 Å². The summed E-state index contributed by atoms with van der Waals surface area (Å²) in [5, 5.41) is 0.987. The van der Waals surface area contributed by atoms with Crippen molar-refractivity contribution in [3.63, 3.8) is 0 Å². The molecule has 0 spiro atoms. The fourth-order valence-corrected chi connectivity index (χ4v) is 7.71. The average Bonchev–Trinajstić information content (AvgIpc) is 2.88. The molecule has 1 fully saturated rings. The van der Waals surface area contributed by atoms with Crippen molar-refractivity contribution in [1.29, 1.82) is 0 Å². The van der Waals surface area contributed by atoms with Gasteiger partial charge >= 0.3 is 5.97 Å². The van der Waals surface area contributed by atoms with Gasteiger partial charge in [-0.2, -0.15) is 0 Å². The highest BCUT2D eigenvalue weighted by molar-refractivity contribution is 6.03. The lowest BCUT2D eigenvalue weighted by Crippen LogP contribution is -2.48. The molecule has 0 saturated heterocycles. The fourth-order valence-electron chi connectivity index (χ4n) is 7.71. The number of fused-ring (bicyclic) bond motifs is 2. The SMILES string of the molecule is CC[C@@]1(C2CCC2)C(=O)OCC2=C1/C=C(\C)c1nc3cc(F)c(C)c4c3c(c1CC(C)C(C)C2=O)[C@@H](N)CC4. The van der Waals surface area contributed by atoms with E-state index in [4.69, 9.17) is 15.5 Å². The van der Waals surface area contributed by atoms with Crippen LogP contribution in [0.4, 0.5) is 4.39 Å². The first-order valence-corrected chi connectivity index (χ1v) is 14.6. The molecule has 2 N–H and O–H groups in total. The second kappa shape index (κ2) is 9.36. The summed E-state index contributed by atoms with van der Waals surface area (Å²) < 4.78 is 20.8. The summed E-state index contributed by atoms with van der Waals surface area (Å²) in [7, 11) is 0. The van der Waals surface area contributed by atoms with Crippen LogP contribution in [0, 0.1) is 35.9 Å². The zero-order valence-corrected chi connectivity index (χ0v) is 23.7. The van der Waals surface area contributed by atoms with Crippen molar-refractivity contribution in [2.45, 2.75) is 85.6 Å². The van der Waals surface area contributed by atoms with Crippen LogP contribution in [0.2, 0.25) is 0 Å². The van der Waals surface area contributed by atoms with E-state index < -0.39 is 5.41 Å². The molecular weight excluding hydrogens is 491 g/mol. The molecule has 1 aromatic heterocycles. The number of aryl methyl sites for hydroxylation is 1. The number of nitrogens with zero attached hydrogens (tertiary/aromatic N) is 1. The summed E-state index contributed by atoms with van der Waals surface area (Å²) in [4.78, 5) is 32.7. The molecule has 5 nitrogen and oxygen atoms in total. The Labute approximate surface area is 230 Å². The first-order chi connectivity index (χ1) is 18.6. The number of allylic oxidation sites excluding steroid dienone is 2. The molecule has 2 heterocycles. The molecule has 0 radical (unpaired) electrons. The molecule has 206 valence electrons. The van der Waals surface area contributed by atoms with E-state index in [1.807, 2.05) is 33.8 Å². The Morgan fingerprint density at radius 1 is 1.15 bits per heavy atom. The lowest BCUT2D eigenvalue weighted by atomic mass is 9.58. The first-order valence-electron chi connectivity index (χ1n) is 14.6. The smallest absolute Gasteiger partial charge is 0.317 e. The molecule has 0 bridgehead atoms. The summed E-state index contributed by atoms with van der Waals surface area (Å²) in [6.45, 7) is 10.0. The molecule has 2 unspecified atom stereocenters. The highest BCUT2D eigenvalue weighted by Crippen LogP contribution is 2.54. The molecular formula is C33H39FN2O3. The number of ketones is 1. The van der Waals surface area contributed by atoms with E-state index in [0.29, 0.717) is 29.5 Å². The zero-order chi connectivity index (χ0) is 27.8. The summed E-state index contributed by atoms with van der Waals surface area (Å²) in [5.74, 6) is -0.474. The maximum absolute atomic E-state index is 15.1. The molecule has 3 aliphatic carbocycles. The van der Waals surface area contributed by atoms with Gasteiger partial charge < -0.3 is 10.5 Å². The van der Waals surface area contributed by atoms with Crippen LogP contribution >= 0.6 is 0 Å². The van der Waals surface area contributed by atoms with Crippen LogP contribution in [-0.4, -0.2) is 23.3 Å². The average molecular weight is 531 g/mol. The Morgan fingerprint density at radius 2 is 1.90 bits per heavy atom. The van der Waals surface area contributed by atoms with Gasteiger partial charge in [0.15, 0.2) is 5.78 Å². The number of hydrogen-bond donors (Lipinski definition) is 1. The summed E-state index contributed by atoms with van der Waals surface area (Å²) in [6, 6.07) is 1.37. The van der Waals surface area contributed by atoms with Crippen molar-refractivity contribution < 1.29 is 18.7 Å². The highest BCUT2D eigenvalue weighted by atomic mass is 19.1. The van der Waals surface area contributed by atoms with Gasteiger partial charge in [0, 0.05) is 29.0 Å². The number of nitrogens with two attached hydrogens (primary N) is 1. The third-order valence-corrected chi connectivity index (χ3v) is 10.5. The van der Waals surface area contributed by atoms with Crippen molar-refractivity contribution in [2.75, 3.05) is 6.61 Å². The molecule has 1 saturated carbocycles. The monoisotopic (exact) mass is 530 g/mol. The van der Waals surface area contributed by atoms with Crippen LogP contribution in [0.3, 0.4) is 0 Å².